The second kappa shape index (κ2) is 3.70. The molecule has 1 rings (SSSR count). The van der Waals surface area contributed by atoms with Crippen molar-refractivity contribution in [2.75, 3.05) is 0 Å². The third-order valence-corrected chi connectivity index (χ3v) is 2.48. The molecule has 0 spiro atoms. The Morgan fingerprint density at radius 1 is 1.31 bits per heavy atom. The fourth-order valence-electron chi connectivity index (χ4n) is 0.761. The maximum atomic E-state index is 12.8. The van der Waals surface area contributed by atoms with Crippen molar-refractivity contribution in [2.45, 2.75) is 0 Å². The van der Waals surface area contributed by atoms with E-state index in [-0.39, 0.29) is 10.0 Å². The molecular weight excluding hydrogens is 241 g/mol. The highest BCUT2D eigenvalue weighted by Gasteiger charge is 2.20. The fraction of sp³-hybridized carbons (Fsp3) is 0. The zero-order chi connectivity index (χ0) is 10.2. The third kappa shape index (κ3) is 1.88. The normalized spacial score (nSPS) is 10.2. The molecular formula is C7H2Cl3FO2. The molecule has 0 aliphatic rings. The number of hydrogen-bond donors (Lipinski definition) is 1. The summed E-state index contributed by atoms with van der Waals surface area (Å²) in [6, 6.07) is 0.860. The number of carboxylic acid groups (broad SMARTS) is 1. The van der Waals surface area contributed by atoms with E-state index in [1.807, 2.05) is 0 Å². The number of carboxylic acids is 1. The zero-order valence-corrected chi connectivity index (χ0v) is 8.21. The summed E-state index contributed by atoms with van der Waals surface area (Å²) in [5, 5.41) is 7.62. The van der Waals surface area contributed by atoms with E-state index in [0.29, 0.717) is 0 Å². The first kappa shape index (κ1) is 10.6. The molecule has 0 aliphatic carbocycles. The molecule has 1 aromatic carbocycles. The second-order valence-corrected chi connectivity index (χ2v) is 3.31. The van der Waals surface area contributed by atoms with Crippen molar-refractivity contribution in [1.82, 2.24) is 0 Å². The van der Waals surface area contributed by atoms with Crippen molar-refractivity contribution >= 4 is 40.8 Å². The Hall–Kier alpha value is -0.510. The smallest absolute Gasteiger partial charge is 0.338 e. The average molecular weight is 243 g/mol. The van der Waals surface area contributed by atoms with Gasteiger partial charge in [-0.15, -0.1) is 0 Å². The van der Waals surface area contributed by atoms with Crippen LogP contribution in [0.15, 0.2) is 6.07 Å². The van der Waals surface area contributed by atoms with Crippen LogP contribution in [-0.4, -0.2) is 11.1 Å². The minimum atomic E-state index is -1.42. The number of halogens is 4. The van der Waals surface area contributed by atoms with Gasteiger partial charge >= 0.3 is 5.97 Å². The summed E-state index contributed by atoms with van der Waals surface area (Å²) in [7, 11) is 0. The molecule has 70 valence electrons. The summed E-state index contributed by atoms with van der Waals surface area (Å²) in [6.45, 7) is 0. The van der Waals surface area contributed by atoms with E-state index < -0.39 is 22.4 Å². The molecule has 0 aliphatic heterocycles. The van der Waals surface area contributed by atoms with Crippen LogP contribution in [0, 0.1) is 5.82 Å². The molecule has 0 amide bonds. The Morgan fingerprint density at radius 2 is 1.85 bits per heavy atom. The van der Waals surface area contributed by atoms with Gasteiger partial charge in [-0.25, -0.2) is 9.18 Å². The molecule has 0 bridgehead atoms. The van der Waals surface area contributed by atoms with E-state index in [1.54, 1.807) is 0 Å². The van der Waals surface area contributed by atoms with Crippen molar-refractivity contribution < 1.29 is 14.3 Å². The predicted octanol–water partition coefficient (Wildman–Crippen LogP) is 3.48. The summed E-state index contributed by atoms with van der Waals surface area (Å²) < 4.78 is 12.8. The SMILES string of the molecule is O=C(O)c1c(Cl)c(F)cc(Cl)c1Cl. The first-order valence-corrected chi connectivity index (χ1v) is 4.14. The van der Waals surface area contributed by atoms with E-state index in [2.05, 4.69) is 0 Å². The van der Waals surface area contributed by atoms with Crippen LogP contribution < -0.4 is 0 Å². The lowest BCUT2D eigenvalue weighted by atomic mass is 10.2. The molecule has 0 saturated carbocycles. The van der Waals surface area contributed by atoms with Gasteiger partial charge in [-0.05, 0) is 6.07 Å². The van der Waals surface area contributed by atoms with Crippen LogP contribution in [0.3, 0.4) is 0 Å². The lowest BCUT2D eigenvalue weighted by molar-refractivity contribution is 0.0696. The van der Waals surface area contributed by atoms with E-state index in [0.717, 1.165) is 6.07 Å². The fourth-order valence-corrected chi connectivity index (χ4v) is 1.46. The standard InChI is InChI=1S/C7H2Cl3FO2/c8-2-1-3(11)6(10)4(5(2)9)7(12)13/h1H,(H,12,13). The highest BCUT2D eigenvalue weighted by Crippen LogP contribution is 2.33. The second-order valence-electron chi connectivity index (χ2n) is 2.15. The van der Waals surface area contributed by atoms with Crippen LogP contribution in [0.1, 0.15) is 10.4 Å². The van der Waals surface area contributed by atoms with Gasteiger partial charge in [0.05, 0.1) is 15.1 Å². The summed E-state index contributed by atoms with van der Waals surface area (Å²) >= 11 is 16.3. The van der Waals surface area contributed by atoms with Gasteiger partial charge in [0.25, 0.3) is 0 Å². The number of hydrogen-bond acceptors (Lipinski definition) is 1. The summed E-state index contributed by atoms with van der Waals surface area (Å²) in [5.41, 5.74) is -0.520. The molecule has 2 nitrogen and oxygen atoms in total. The Balaban J connectivity index is 3.56. The van der Waals surface area contributed by atoms with Crippen molar-refractivity contribution in [3.8, 4) is 0 Å². The van der Waals surface area contributed by atoms with Crippen LogP contribution in [0.2, 0.25) is 15.1 Å². The molecule has 6 heteroatoms. The number of carbonyl (C=O) groups is 1. The lowest BCUT2D eigenvalue weighted by Crippen LogP contribution is -2.01. The van der Waals surface area contributed by atoms with Gasteiger partial charge in [0.15, 0.2) is 0 Å². The maximum absolute atomic E-state index is 12.8. The van der Waals surface area contributed by atoms with Gasteiger partial charge in [0, 0.05) is 0 Å². The predicted molar refractivity (Wildman–Crippen MR) is 48.4 cm³/mol. The molecule has 0 atom stereocenters. The Bertz CT molecular complexity index is 352. The molecule has 1 N–H and O–H groups in total. The van der Waals surface area contributed by atoms with Crippen LogP contribution in [-0.2, 0) is 0 Å². The molecule has 0 aromatic heterocycles. The van der Waals surface area contributed by atoms with Crippen molar-refractivity contribution in [3.05, 3.63) is 32.5 Å². The quantitative estimate of drug-likeness (QED) is 0.767. The number of benzene rings is 1. The molecule has 0 fully saturated rings. The van der Waals surface area contributed by atoms with Gasteiger partial charge in [0.1, 0.15) is 11.4 Å². The average Bonchev–Trinajstić information content (AvgIpc) is 2.01. The van der Waals surface area contributed by atoms with Gasteiger partial charge in [-0.2, -0.15) is 0 Å². The molecule has 0 saturated heterocycles. The highest BCUT2D eigenvalue weighted by atomic mass is 35.5. The van der Waals surface area contributed by atoms with Crippen molar-refractivity contribution in [2.24, 2.45) is 0 Å². The molecule has 0 unspecified atom stereocenters. The molecule has 0 radical (unpaired) electrons. The molecule has 13 heavy (non-hydrogen) atoms. The van der Waals surface area contributed by atoms with Gasteiger partial charge < -0.3 is 5.11 Å². The van der Waals surface area contributed by atoms with Crippen LogP contribution in [0.25, 0.3) is 0 Å². The highest BCUT2D eigenvalue weighted by molar-refractivity contribution is 6.46. The van der Waals surface area contributed by atoms with Crippen molar-refractivity contribution in [1.29, 1.82) is 0 Å². The van der Waals surface area contributed by atoms with Gasteiger partial charge in [0.2, 0.25) is 0 Å². The van der Waals surface area contributed by atoms with Crippen LogP contribution >= 0.6 is 34.8 Å². The first-order chi connectivity index (χ1) is 5.95. The Labute approximate surface area is 87.8 Å². The van der Waals surface area contributed by atoms with Crippen LogP contribution in [0.5, 0.6) is 0 Å². The van der Waals surface area contributed by atoms with E-state index >= 15 is 0 Å². The monoisotopic (exact) mass is 242 g/mol. The van der Waals surface area contributed by atoms with Gasteiger partial charge in [-0.1, -0.05) is 34.8 Å². The van der Waals surface area contributed by atoms with E-state index in [9.17, 15) is 9.18 Å². The van der Waals surface area contributed by atoms with Crippen molar-refractivity contribution in [3.63, 3.8) is 0 Å². The molecule has 0 heterocycles. The first-order valence-electron chi connectivity index (χ1n) is 3.01. The largest absolute Gasteiger partial charge is 0.478 e. The van der Waals surface area contributed by atoms with Crippen LogP contribution in [0.4, 0.5) is 4.39 Å². The molecule has 1 aromatic rings. The third-order valence-electron chi connectivity index (χ3n) is 1.33. The Morgan fingerprint density at radius 3 is 2.31 bits per heavy atom. The maximum Gasteiger partial charge on any atom is 0.338 e. The summed E-state index contributed by atoms with van der Waals surface area (Å²) in [5.74, 6) is -2.33. The summed E-state index contributed by atoms with van der Waals surface area (Å²) in [6.07, 6.45) is 0. The van der Waals surface area contributed by atoms with Gasteiger partial charge in [-0.3, -0.25) is 0 Å². The topological polar surface area (TPSA) is 37.3 Å². The minimum absolute atomic E-state index is 0.180. The van der Waals surface area contributed by atoms with E-state index in [1.165, 1.54) is 0 Å². The Kier molecular flexibility index (Phi) is 3.01. The zero-order valence-electron chi connectivity index (χ0n) is 5.94. The summed E-state index contributed by atoms with van der Waals surface area (Å²) in [4.78, 5) is 10.6. The van der Waals surface area contributed by atoms with E-state index in [4.69, 9.17) is 39.9 Å². The number of rotatable bonds is 1. The lowest BCUT2D eigenvalue weighted by Gasteiger charge is -2.04. The number of aromatic carboxylic acids is 1. The minimum Gasteiger partial charge on any atom is -0.478 e.